The number of ether oxygens (including phenoxy) is 2. The third-order valence-electron chi connectivity index (χ3n) is 3.63. The first-order valence-corrected chi connectivity index (χ1v) is 8.15. The molecule has 0 fully saturated rings. The van der Waals surface area contributed by atoms with Crippen molar-refractivity contribution in [3.05, 3.63) is 42.0 Å². The zero-order chi connectivity index (χ0) is 17.4. The number of imidazole rings is 1. The summed E-state index contributed by atoms with van der Waals surface area (Å²) in [6, 6.07) is 5.78. The third-order valence-corrected chi connectivity index (χ3v) is 3.63. The lowest BCUT2D eigenvalue weighted by molar-refractivity contribution is -0.121. The molecular weight excluding hydrogens is 306 g/mol. The van der Waals surface area contributed by atoms with E-state index in [1.807, 2.05) is 42.9 Å². The number of amides is 1. The number of aromatic nitrogens is 2. The van der Waals surface area contributed by atoms with Gasteiger partial charge in [0, 0.05) is 32.6 Å². The summed E-state index contributed by atoms with van der Waals surface area (Å²) in [7, 11) is 3.55. The molecule has 1 heterocycles. The SMILES string of the molecule is CCOc1ccc(CCC(=O)NCCc2cn(C)cn2)cc1OC. The van der Waals surface area contributed by atoms with E-state index >= 15 is 0 Å². The lowest BCUT2D eigenvalue weighted by atomic mass is 10.1. The molecule has 0 saturated carbocycles. The maximum absolute atomic E-state index is 11.9. The number of carbonyl (C=O) groups is 1. The Morgan fingerprint density at radius 1 is 1.29 bits per heavy atom. The number of hydrogen-bond acceptors (Lipinski definition) is 4. The number of carbonyl (C=O) groups excluding carboxylic acids is 1. The smallest absolute Gasteiger partial charge is 0.220 e. The van der Waals surface area contributed by atoms with Gasteiger partial charge in [-0.15, -0.1) is 0 Å². The van der Waals surface area contributed by atoms with Crippen LogP contribution in [0.4, 0.5) is 0 Å². The number of methoxy groups -OCH3 is 1. The second-order valence-corrected chi connectivity index (χ2v) is 5.55. The van der Waals surface area contributed by atoms with Gasteiger partial charge in [0.25, 0.3) is 0 Å². The van der Waals surface area contributed by atoms with Crippen molar-refractivity contribution < 1.29 is 14.3 Å². The molecule has 0 saturated heterocycles. The Bertz CT molecular complexity index is 667. The standard InChI is InChI=1S/C18H25N3O3/c1-4-24-16-7-5-14(11-17(16)23-3)6-8-18(22)19-10-9-15-12-21(2)13-20-15/h5,7,11-13H,4,6,8-10H2,1-3H3,(H,19,22). The van der Waals surface area contributed by atoms with E-state index < -0.39 is 0 Å². The van der Waals surface area contributed by atoms with Crippen LogP contribution in [-0.2, 0) is 24.7 Å². The average Bonchev–Trinajstić information content (AvgIpc) is 2.99. The van der Waals surface area contributed by atoms with E-state index in [-0.39, 0.29) is 5.91 Å². The Kier molecular flexibility index (Phi) is 6.66. The van der Waals surface area contributed by atoms with Gasteiger partial charge in [-0.3, -0.25) is 4.79 Å². The van der Waals surface area contributed by atoms with Crippen molar-refractivity contribution in [3.8, 4) is 11.5 Å². The number of hydrogen-bond donors (Lipinski definition) is 1. The van der Waals surface area contributed by atoms with Gasteiger partial charge in [-0.25, -0.2) is 4.98 Å². The molecule has 1 amide bonds. The average molecular weight is 331 g/mol. The minimum Gasteiger partial charge on any atom is -0.493 e. The maximum Gasteiger partial charge on any atom is 0.220 e. The van der Waals surface area contributed by atoms with E-state index in [0.717, 1.165) is 23.4 Å². The van der Waals surface area contributed by atoms with Gasteiger partial charge in [-0.05, 0) is 31.0 Å². The molecule has 2 aromatic rings. The number of benzene rings is 1. The van der Waals surface area contributed by atoms with Crippen LogP contribution in [0, 0.1) is 0 Å². The summed E-state index contributed by atoms with van der Waals surface area (Å²) in [5, 5.41) is 2.93. The molecule has 1 N–H and O–H groups in total. The molecule has 6 heteroatoms. The topological polar surface area (TPSA) is 65.4 Å². The highest BCUT2D eigenvalue weighted by Crippen LogP contribution is 2.28. The molecule has 6 nitrogen and oxygen atoms in total. The Morgan fingerprint density at radius 2 is 2.12 bits per heavy atom. The summed E-state index contributed by atoms with van der Waals surface area (Å²) in [4.78, 5) is 16.2. The van der Waals surface area contributed by atoms with Crippen molar-refractivity contribution in [3.63, 3.8) is 0 Å². The van der Waals surface area contributed by atoms with Crippen LogP contribution in [0.5, 0.6) is 11.5 Å². The van der Waals surface area contributed by atoms with Crippen LogP contribution < -0.4 is 14.8 Å². The predicted molar refractivity (Wildman–Crippen MR) is 92.4 cm³/mol. The first-order valence-electron chi connectivity index (χ1n) is 8.15. The number of nitrogens with one attached hydrogen (secondary N) is 1. The second-order valence-electron chi connectivity index (χ2n) is 5.55. The molecular formula is C18H25N3O3. The van der Waals surface area contributed by atoms with Crippen LogP contribution in [0.15, 0.2) is 30.7 Å². The van der Waals surface area contributed by atoms with Crippen LogP contribution in [0.3, 0.4) is 0 Å². The van der Waals surface area contributed by atoms with Crippen LogP contribution in [0.2, 0.25) is 0 Å². The van der Waals surface area contributed by atoms with Gasteiger partial charge in [0.1, 0.15) is 0 Å². The Hall–Kier alpha value is -2.50. The summed E-state index contributed by atoms with van der Waals surface area (Å²) in [6.45, 7) is 3.12. The summed E-state index contributed by atoms with van der Waals surface area (Å²) in [5.74, 6) is 1.47. The van der Waals surface area contributed by atoms with Crippen LogP contribution in [-0.4, -0.2) is 35.7 Å². The van der Waals surface area contributed by atoms with E-state index in [2.05, 4.69) is 10.3 Å². The fourth-order valence-corrected chi connectivity index (χ4v) is 2.41. The Balaban J connectivity index is 1.76. The fourth-order valence-electron chi connectivity index (χ4n) is 2.41. The van der Waals surface area contributed by atoms with Gasteiger partial charge in [0.15, 0.2) is 11.5 Å². The molecule has 24 heavy (non-hydrogen) atoms. The van der Waals surface area contributed by atoms with E-state index in [1.165, 1.54) is 0 Å². The highest BCUT2D eigenvalue weighted by atomic mass is 16.5. The monoisotopic (exact) mass is 331 g/mol. The Labute approximate surface area is 142 Å². The minimum atomic E-state index is 0.0405. The lowest BCUT2D eigenvalue weighted by Gasteiger charge is -2.11. The molecule has 0 atom stereocenters. The molecule has 130 valence electrons. The fraction of sp³-hybridized carbons (Fsp3) is 0.444. The minimum absolute atomic E-state index is 0.0405. The van der Waals surface area contributed by atoms with E-state index in [9.17, 15) is 4.79 Å². The first-order chi connectivity index (χ1) is 11.6. The number of nitrogens with zero attached hydrogens (tertiary/aromatic N) is 2. The van der Waals surface area contributed by atoms with Crippen molar-refractivity contribution >= 4 is 5.91 Å². The van der Waals surface area contributed by atoms with Crippen LogP contribution >= 0.6 is 0 Å². The molecule has 0 aliphatic carbocycles. The molecule has 0 unspecified atom stereocenters. The van der Waals surface area contributed by atoms with Crippen LogP contribution in [0.25, 0.3) is 0 Å². The number of rotatable bonds is 9. The highest BCUT2D eigenvalue weighted by Gasteiger charge is 2.07. The molecule has 0 bridgehead atoms. The van der Waals surface area contributed by atoms with Crippen molar-refractivity contribution in [2.24, 2.45) is 7.05 Å². The zero-order valence-electron chi connectivity index (χ0n) is 14.5. The normalized spacial score (nSPS) is 10.5. The Morgan fingerprint density at radius 3 is 2.79 bits per heavy atom. The molecule has 1 aromatic carbocycles. The molecule has 0 spiro atoms. The molecule has 0 aliphatic rings. The van der Waals surface area contributed by atoms with E-state index in [1.54, 1.807) is 13.4 Å². The summed E-state index contributed by atoms with van der Waals surface area (Å²) < 4.78 is 12.7. The van der Waals surface area contributed by atoms with Crippen molar-refractivity contribution in [1.82, 2.24) is 14.9 Å². The highest BCUT2D eigenvalue weighted by molar-refractivity contribution is 5.76. The molecule has 2 rings (SSSR count). The molecule has 0 aliphatic heterocycles. The van der Waals surface area contributed by atoms with Crippen molar-refractivity contribution in [2.75, 3.05) is 20.3 Å². The van der Waals surface area contributed by atoms with Gasteiger partial charge in [-0.2, -0.15) is 0 Å². The molecule has 1 aromatic heterocycles. The van der Waals surface area contributed by atoms with Crippen molar-refractivity contribution in [2.45, 2.75) is 26.2 Å². The maximum atomic E-state index is 11.9. The van der Waals surface area contributed by atoms with Gasteiger partial charge >= 0.3 is 0 Å². The lowest BCUT2D eigenvalue weighted by Crippen LogP contribution is -2.25. The first kappa shape index (κ1) is 17.8. The summed E-state index contributed by atoms with van der Waals surface area (Å²) in [6.07, 6.45) is 5.57. The van der Waals surface area contributed by atoms with Gasteiger partial charge in [0.2, 0.25) is 5.91 Å². The quantitative estimate of drug-likeness (QED) is 0.764. The van der Waals surface area contributed by atoms with Gasteiger partial charge in [0.05, 0.1) is 25.7 Å². The van der Waals surface area contributed by atoms with Crippen molar-refractivity contribution in [1.29, 1.82) is 0 Å². The summed E-state index contributed by atoms with van der Waals surface area (Å²) >= 11 is 0. The molecule has 0 radical (unpaired) electrons. The zero-order valence-corrected chi connectivity index (χ0v) is 14.5. The van der Waals surface area contributed by atoms with Gasteiger partial charge < -0.3 is 19.4 Å². The van der Waals surface area contributed by atoms with E-state index in [0.29, 0.717) is 31.7 Å². The summed E-state index contributed by atoms with van der Waals surface area (Å²) in [5.41, 5.74) is 2.03. The number of aryl methyl sites for hydroxylation is 2. The predicted octanol–water partition coefficient (Wildman–Crippen LogP) is 2.12. The largest absolute Gasteiger partial charge is 0.493 e. The third kappa shape index (κ3) is 5.30. The van der Waals surface area contributed by atoms with Crippen LogP contribution in [0.1, 0.15) is 24.6 Å². The van der Waals surface area contributed by atoms with Gasteiger partial charge in [-0.1, -0.05) is 6.07 Å². The van der Waals surface area contributed by atoms with E-state index in [4.69, 9.17) is 9.47 Å². The second kappa shape index (κ2) is 8.96.